The number of hydrogen-bond donors (Lipinski definition) is 3. The quantitative estimate of drug-likeness (QED) is 0.508. The molecule has 1 aliphatic rings. The molecule has 1 rings (SSSR count). The van der Waals surface area contributed by atoms with Crippen molar-refractivity contribution in [2.24, 2.45) is 5.92 Å². The predicted octanol–water partition coefficient (Wildman–Crippen LogP) is -0.799. The molecule has 0 spiro atoms. The summed E-state index contributed by atoms with van der Waals surface area (Å²) in [4.78, 5) is 38.8. The molecule has 0 bridgehead atoms. The van der Waals surface area contributed by atoms with Crippen molar-refractivity contribution < 1.29 is 34.4 Å². The highest BCUT2D eigenvalue weighted by Crippen LogP contribution is 2.14. The SMILES string of the molecule is CC(C)C1CN(CC(=O)O)CCN(CC(=O)O)CCOCCN1CC(=O)O. The first-order valence-electron chi connectivity index (χ1n) is 9.11. The number of carboxylic acids is 3. The third kappa shape index (κ3) is 9.66. The van der Waals surface area contributed by atoms with Crippen molar-refractivity contribution in [2.45, 2.75) is 19.9 Å². The van der Waals surface area contributed by atoms with Gasteiger partial charge >= 0.3 is 17.9 Å². The molecule has 1 heterocycles. The molecule has 0 amide bonds. The number of aliphatic carboxylic acids is 3. The zero-order valence-corrected chi connectivity index (χ0v) is 16.0. The molecule has 0 aromatic heterocycles. The lowest BCUT2D eigenvalue weighted by molar-refractivity contribution is -0.141. The number of nitrogens with zero attached hydrogens (tertiary/aromatic N) is 3. The van der Waals surface area contributed by atoms with Crippen molar-refractivity contribution in [3.8, 4) is 0 Å². The molecule has 0 aromatic carbocycles. The van der Waals surface area contributed by atoms with Gasteiger partial charge in [-0.3, -0.25) is 29.1 Å². The molecule has 1 saturated heterocycles. The van der Waals surface area contributed by atoms with Crippen LogP contribution in [0.2, 0.25) is 0 Å². The molecular weight excluding hydrogens is 358 g/mol. The Bertz CT molecular complexity index is 501. The van der Waals surface area contributed by atoms with Gasteiger partial charge in [0.1, 0.15) is 0 Å². The highest BCUT2D eigenvalue weighted by molar-refractivity contribution is 5.70. The van der Waals surface area contributed by atoms with Gasteiger partial charge in [0.2, 0.25) is 0 Å². The molecule has 0 aliphatic carbocycles. The lowest BCUT2D eigenvalue weighted by Crippen LogP contribution is -2.52. The van der Waals surface area contributed by atoms with Crippen molar-refractivity contribution in [3.63, 3.8) is 0 Å². The van der Waals surface area contributed by atoms with Crippen LogP contribution in [0, 0.1) is 5.92 Å². The Balaban J connectivity index is 2.97. The van der Waals surface area contributed by atoms with Crippen LogP contribution in [-0.4, -0.2) is 120 Å². The second kappa shape index (κ2) is 11.9. The van der Waals surface area contributed by atoms with Crippen LogP contribution in [0.4, 0.5) is 0 Å². The van der Waals surface area contributed by atoms with Gasteiger partial charge in [0.25, 0.3) is 0 Å². The van der Waals surface area contributed by atoms with E-state index in [-0.39, 0.29) is 31.6 Å². The Labute approximate surface area is 159 Å². The summed E-state index contributed by atoms with van der Waals surface area (Å²) in [5, 5.41) is 27.5. The van der Waals surface area contributed by atoms with Gasteiger partial charge in [0, 0.05) is 38.8 Å². The molecule has 10 heteroatoms. The van der Waals surface area contributed by atoms with E-state index in [2.05, 4.69) is 0 Å². The van der Waals surface area contributed by atoms with Gasteiger partial charge in [-0.2, -0.15) is 0 Å². The molecule has 1 fully saturated rings. The fraction of sp³-hybridized carbons (Fsp3) is 0.824. The van der Waals surface area contributed by atoms with Crippen LogP contribution in [0.1, 0.15) is 13.8 Å². The summed E-state index contributed by atoms with van der Waals surface area (Å²) in [5.74, 6) is -2.74. The smallest absolute Gasteiger partial charge is 0.317 e. The van der Waals surface area contributed by atoms with Crippen LogP contribution < -0.4 is 0 Å². The van der Waals surface area contributed by atoms with E-state index < -0.39 is 17.9 Å². The Morgan fingerprint density at radius 1 is 0.852 bits per heavy atom. The Hall–Kier alpha value is -1.75. The summed E-state index contributed by atoms with van der Waals surface area (Å²) in [7, 11) is 0. The first kappa shape index (κ1) is 23.3. The Kier molecular flexibility index (Phi) is 10.2. The summed E-state index contributed by atoms with van der Waals surface area (Å²) in [5.41, 5.74) is 0. The molecule has 156 valence electrons. The molecule has 3 N–H and O–H groups in total. The van der Waals surface area contributed by atoms with Crippen LogP contribution >= 0.6 is 0 Å². The Morgan fingerprint density at radius 3 is 1.93 bits per heavy atom. The largest absolute Gasteiger partial charge is 0.480 e. The van der Waals surface area contributed by atoms with E-state index in [0.29, 0.717) is 45.9 Å². The molecule has 10 nitrogen and oxygen atoms in total. The number of ether oxygens (including phenoxy) is 1. The second-order valence-electron chi connectivity index (χ2n) is 7.09. The van der Waals surface area contributed by atoms with Crippen molar-refractivity contribution in [2.75, 3.05) is 65.6 Å². The van der Waals surface area contributed by atoms with Crippen LogP contribution in [0.5, 0.6) is 0 Å². The number of hydrogen-bond acceptors (Lipinski definition) is 7. The zero-order chi connectivity index (χ0) is 20.4. The topological polar surface area (TPSA) is 131 Å². The highest BCUT2D eigenvalue weighted by atomic mass is 16.5. The fourth-order valence-corrected chi connectivity index (χ4v) is 3.20. The minimum absolute atomic E-state index is 0.110. The monoisotopic (exact) mass is 389 g/mol. The molecule has 1 atom stereocenters. The summed E-state index contributed by atoms with van der Waals surface area (Å²) in [6.07, 6.45) is 0. The van der Waals surface area contributed by atoms with E-state index in [9.17, 15) is 24.6 Å². The van der Waals surface area contributed by atoms with E-state index in [1.54, 1.807) is 9.80 Å². The van der Waals surface area contributed by atoms with E-state index in [1.807, 2.05) is 18.7 Å². The molecule has 0 saturated carbocycles. The summed E-state index contributed by atoms with van der Waals surface area (Å²) in [6.45, 7) is 6.14. The van der Waals surface area contributed by atoms with Crippen LogP contribution in [0.15, 0.2) is 0 Å². The fourth-order valence-electron chi connectivity index (χ4n) is 3.20. The van der Waals surface area contributed by atoms with Gasteiger partial charge in [0.15, 0.2) is 0 Å². The van der Waals surface area contributed by atoms with Gasteiger partial charge in [-0.25, -0.2) is 0 Å². The average molecular weight is 389 g/mol. The van der Waals surface area contributed by atoms with Crippen molar-refractivity contribution >= 4 is 17.9 Å². The first-order valence-corrected chi connectivity index (χ1v) is 9.11. The van der Waals surface area contributed by atoms with Crippen molar-refractivity contribution in [3.05, 3.63) is 0 Å². The Morgan fingerprint density at radius 2 is 1.37 bits per heavy atom. The van der Waals surface area contributed by atoms with Crippen LogP contribution in [0.25, 0.3) is 0 Å². The van der Waals surface area contributed by atoms with Crippen molar-refractivity contribution in [1.29, 1.82) is 0 Å². The molecule has 1 unspecified atom stereocenters. The van der Waals surface area contributed by atoms with Gasteiger partial charge in [-0.15, -0.1) is 0 Å². The minimum Gasteiger partial charge on any atom is -0.480 e. The van der Waals surface area contributed by atoms with Gasteiger partial charge in [-0.1, -0.05) is 13.8 Å². The van der Waals surface area contributed by atoms with E-state index in [4.69, 9.17) is 9.84 Å². The molecular formula is C17H31N3O7. The molecule has 0 radical (unpaired) electrons. The highest BCUT2D eigenvalue weighted by Gasteiger charge is 2.27. The lowest BCUT2D eigenvalue weighted by atomic mass is 10.0. The third-order valence-electron chi connectivity index (χ3n) is 4.55. The van der Waals surface area contributed by atoms with Crippen LogP contribution in [0.3, 0.4) is 0 Å². The second-order valence-corrected chi connectivity index (χ2v) is 7.09. The normalized spacial score (nSPS) is 22.1. The standard InChI is InChI=1S/C17H31N3O7/c1-13(2)14-9-19(11-16(23)24)4-3-18(10-15(21)22)5-7-27-8-6-20(14)12-17(25)26/h13-14H,3-12H2,1-2H3,(H,21,22)(H,23,24)(H,25,26). The van der Waals surface area contributed by atoms with E-state index >= 15 is 0 Å². The molecule has 0 aromatic rings. The van der Waals surface area contributed by atoms with Gasteiger partial charge in [0.05, 0.1) is 32.8 Å². The predicted molar refractivity (Wildman–Crippen MR) is 96.8 cm³/mol. The number of rotatable bonds is 7. The zero-order valence-electron chi connectivity index (χ0n) is 16.0. The number of carboxylic acid groups (broad SMARTS) is 3. The maximum absolute atomic E-state index is 11.3. The minimum atomic E-state index is -0.970. The lowest BCUT2D eigenvalue weighted by Gasteiger charge is -2.37. The average Bonchev–Trinajstić information content (AvgIpc) is 2.52. The summed E-state index contributed by atoms with van der Waals surface area (Å²) in [6, 6.07) is -0.156. The molecule has 1 aliphatic heterocycles. The summed E-state index contributed by atoms with van der Waals surface area (Å²) >= 11 is 0. The van der Waals surface area contributed by atoms with Gasteiger partial charge in [-0.05, 0) is 5.92 Å². The molecule has 27 heavy (non-hydrogen) atoms. The van der Waals surface area contributed by atoms with Gasteiger partial charge < -0.3 is 20.1 Å². The van der Waals surface area contributed by atoms with E-state index in [1.165, 1.54) is 0 Å². The third-order valence-corrected chi connectivity index (χ3v) is 4.55. The van der Waals surface area contributed by atoms with E-state index in [0.717, 1.165) is 0 Å². The number of carbonyl (C=O) groups is 3. The first-order chi connectivity index (χ1) is 12.7. The van der Waals surface area contributed by atoms with Crippen molar-refractivity contribution in [1.82, 2.24) is 14.7 Å². The maximum Gasteiger partial charge on any atom is 0.317 e. The van der Waals surface area contributed by atoms with Crippen LogP contribution in [-0.2, 0) is 19.1 Å². The maximum atomic E-state index is 11.3. The summed E-state index contributed by atoms with van der Waals surface area (Å²) < 4.78 is 5.57.